The van der Waals surface area contributed by atoms with Crippen LogP contribution in [0.5, 0.6) is 5.75 Å². The third-order valence-corrected chi connectivity index (χ3v) is 3.86. The molecule has 7 heteroatoms. The number of ether oxygens (including phenoxy) is 1. The standard InChI is InChI=1S/C19H13F2N3O2/c20-13-6-8-15(9-7-13)23-11-17(21)18-22-14(10-24(18)19(23)25)12-26-16-4-2-1-3-5-16/h1-11H,12H2. The number of benzene rings is 2. The fraction of sp³-hybridized carbons (Fsp3) is 0.0526. The number of imidazole rings is 1. The normalized spacial score (nSPS) is 11.0. The molecule has 0 atom stereocenters. The van der Waals surface area contributed by atoms with Crippen molar-refractivity contribution in [1.29, 1.82) is 0 Å². The van der Waals surface area contributed by atoms with Crippen molar-refractivity contribution in [1.82, 2.24) is 14.0 Å². The molecule has 5 nitrogen and oxygen atoms in total. The summed E-state index contributed by atoms with van der Waals surface area (Å²) in [4.78, 5) is 16.8. The van der Waals surface area contributed by atoms with Crippen molar-refractivity contribution in [2.45, 2.75) is 6.61 Å². The minimum Gasteiger partial charge on any atom is -0.487 e. The third kappa shape index (κ3) is 2.95. The van der Waals surface area contributed by atoms with Crippen LogP contribution >= 0.6 is 0 Å². The number of hydrogen-bond donors (Lipinski definition) is 0. The van der Waals surface area contributed by atoms with Crippen LogP contribution in [-0.4, -0.2) is 14.0 Å². The molecule has 0 unspecified atom stereocenters. The Morgan fingerprint density at radius 3 is 2.42 bits per heavy atom. The van der Waals surface area contributed by atoms with Gasteiger partial charge in [-0.15, -0.1) is 0 Å². The fourth-order valence-electron chi connectivity index (χ4n) is 2.62. The van der Waals surface area contributed by atoms with Gasteiger partial charge in [0, 0.05) is 6.20 Å². The summed E-state index contributed by atoms with van der Waals surface area (Å²) in [5, 5.41) is 0. The molecular weight excluding hydrogens is 340 g/mol. The molecule has 0 bridgehead atoms. The number of halogens is 2. The van der Waals surface area contributed by atoms with Gasteiger partial charge in [-0.2, -0.15) is 0 Å². The van der Waals surface area contributed by atoms with E-state index in [2.05, 4.69) is 4.98 Å². The molecule has 26 heavy (non-hydrogen) atoms. The monoisotopic (exact) mass is 353 g/mol. The summed E-state index contributed by atoms with van der Waals surface area (Å²) in [7, 11) is 0. The molecule has 0 saturated carbocycles. The van der Waals surface area contributed by atoms with Crippen LogP contribution in [0.4, 0.5) is 8.78 Å². The second-order valence-electron chi connectivity index (χ2n) is 5.63. The average Bonchev–Trinajstić information content (AvgIpc) is 3.10. The SMILES string of the molecule is O=c1n(-c2ccc(F)cc2)cc(F)c2nc(COc3ccccc3)cn12. The van der Waals surface area contributed by atoms with E-state index < -0.39 is 17.3 Å². The summed E-state index contributed by atoms with van der Waals surface area (Å²) in [5.74, 6) is -0.458. The van der Waals surface area contributed by atoms with E-state index in [1.165, 1.54) is 30.5 Å². The van der Waals surface area contributed by atoms with Crippen LogP contribution in [0, 0.1) is 11.6 Å². The Bertz CT molecular complexity index is 1120. The lowest BCUT2D eigenvalue weighted by Crippen LogP contribution is -2.25. The molecule has 4 rings (SSSR count). The number of aromatic nitrogens is 3. The van der Waals surface area contributed by atoms with Gasteiger partial charge in [-0.1, -0.05) is 18.2 Å². The number of para-hydroxylation sites is 1. The van der Waals surface area contributed by atoms with Crippen molar-refractivity contribution in [2.24, 2.45) is 0 Å². The van der Waals surface area contributed by atoms with Crippen molar-refractivity contribution in [2.75, 3.05) is 0 Å². The fourth-order valence-corrected chi connectivity index (χ4v) is 2.62. The topological polar surface area (TPSA) is 48.5 Å². The number of hydrogen-bond acceptors (Lipinski definition) is 3. The minimum atomic E-state index is -0.667. The van der Waals surface area contributed by atoms with E-state index in [1.54, 1.807) is 12.1 Å². The van der Waals surface area contributed by atoms with E-state index in [4.69, 9.17) is 4.74 Å². The van der Waals surface area contributed by atoms with Gasteiger partial charge in [0.25, 0.3) is 0 Å². The molecule has 0 amide bonds. The van der Waals surface area contributed by atoms with Crippen molar-refractivity contribution >= 4 is 5.65 Å². The predicted octanol–water partition coefficient (Wildman–Crippen LogP) is 3.34. The summed E-state index contributed by atoms with van der Waals surface area (Å²) in [6.45, 7) is 0.0983. The van der Waals surface area contributed by atoms with Gasteiger partial charge in [0.15, 0.2) is 11.5 Å². The van der Waals surface area contributed by atoms with Gasteiger partial charge in [0.1, 0.15) is 18.2 Å². The molecule has 2 aromatic heterocycles. The van der Waals surface area contributed by atoms with Gasteiger partial charge in [0.2, 0.25) is 0 Å². The first-order valence-corrected chi connectivity index (χ1v) is 7.85. The second-order valence-corrected chi connectivity index (χ2v) is 5.63. The zero-order valence-electron chi connectivity index (χ0n) is 13.5. The molecule has 0 spiro atoms. The molecule has 0 N–H and O–H groups in total. The van der Waals surface area contributed by atoms with Gasteiger partial charge in [-0.3, -0.25) is 4.57 Å². The number of nitrogens with zero attached hydrogens (tertiary/aromatic N) is 3. The van der Waals surface area contributed by atoms with Crippen molar-refractivity contribution in [3.8, 4) is 11.4 Å². The smallest absolute Gasteiger partial charge is 0.338 e. The Morgan fingerprint density at radius 1 is 0.962 bits per heavy atom. The zero-order chi connectivity index (χ0) is 18.1. The zero-order valence-corrected chi connectivity index (χ0v) is 13.5. The van der Waals surface area contributed by atoms with Gasteiger partial charge in [-0.25, -0.2) is 23.0 Å². The maximum Gasteiger partial charge on any atom is 0.338 e. The molecule has 0 aliphatic rings. The maximum absolute atomic E-state index is 14.4. The van der Waals surface area contributed by atoms with Crippen LogP contribution in [0.3, 0.4) is 0 Å². The molecule has 2 heterocycles. The maximum atomic E-state index is 14.4. The minimum absolute atomic E-state index is 0.0833. The van der Waals surface area contributed by atoms with E-state index in [-0.39, 0.29) is 12.3 Å². The largest absolute Gasteiger partial charge is 0.487 e. The molecule has 2 aromatic carbocycles. The highest BCUT2D eigenvalue weighted by Crippen LogP contribution is 2.14. The lowest BCUT2D eigenvalue weighted by Gasteiger charge is -2.06. The summed E-state index contributed by atoms with van der Waals surface area (Å²) in [6, 6.07) is 14.3. The summed E-state index contributed by atoms with van der Waals surface area (Å²) >= 11 is 0. The third-order valence-electron chi connectivity index (χ3n) is 3.86. The van der Waals surface area contributed by atoms with Crippen LogP contribution in [0.15, 0.2) is 71.8 Å². The van der Waals surface area contributed by atoms with Gasteiger partial charge >= 0.3 is 5.69 Å². The van der Waals surface area contributed by atoms with Crippen LogP contribution in [-0.2, 0) is 6.61 Å². The molecule has 0 radical (unpaired) electrons. The Morgan fingerprint density at radius 2 is 1.69 bits per heavy atom. The van der Waals surface area contributed by atoms with Gasteiger partial charge in [-0.05, 0) is 36.4 Å². The molecular formula is C19H13F2N3O2. The van der Waals surface area contributed by atoms with E-state index >= 15 is 0 Å². The number of rotatable bonds is 4. The lowest BCUT2D eigenvalue weighted by molar-refractivity contribution is 0.302. The summed E-state index contributed by atoms with van der Waals surface area (Å²) < 4.78 is 35.3. The first-order valence-electron chi connectivity index (χ1n) is 7.85. The highest BCUT2D eigenvalue weighted by Gasteiger charge is 2.13. The summed E-state index contributed by atoms with van der Waals surface area (Å²) in [5.41, 5.74) is 0.182. The number of fused-ring (bicyclic) bond motifs is 1. The Hall–Kier alpha value is -3.48. The van der Waals surface area contributed by atoms with E-state index in [0.717, 1.165) is 15.2 Å². The van der Waals surface area contributed by atoms with Crippen molar-refractivity contribution in [3.05, 3.63) is 94.8 Å². The highest BCUT2D eigenvalue weighted by atomic mass is 19.1. The van der Waals surface area contributed by atoms with Crippen LogP contribution in [0.1, 0.15) is 5.69 Å². The van der Waals surface area contributed by atoms with E-state index in [9.17, 15) is 13.6 Å². The van der Waals surface area contributed by atoms with Crippen LogP contribution in [0.25, 0.3) is 11.3 Å². The Labute approximate surface area is 146 Å². The molecule has 0 aliphatic heterocycles. The molecule has 0 aliphatic carbocycles. The molecule has 0 fully saturated rings. The van der Waals surface area contributed by atoms with Crippen LogP contribution < -0.4 is 10.4 Å². The van der Waals surface area contributed by atoms with Gasteiger partial charge < -0.3 is 4.74 Å². The molecule has 0 saturated heterocycles. The first kappa shape index (κ1) is 16.0. The van der Waals surface area contributed by atoms with Crippen molar-refractivity contribution in [3.63, 3.8) is 0 Å². The quantitative estimate of drug-likeness (QED) is 0.565. The van der Waals surface area contributed by atoms with Crippen molar-refractivity contribution < 1.29 is 13.5 Å². The van der Waals surface area contributed by atoms with E-state index in [1.807, 2.05) is 18.2 Å². The Balaban J connectivity index is 1.71. The molecule has 130 valence electrons. The average molecular weight is 353 g/mol. The molecule has 4 aromatic rings. The van der Waals surface area contributed by atoms with Gasteiger partial charge in [0.05, 0.1) is 17.6 Å². The highest BCUT2D eigenvalue weighted by molar-refractivity contribution is 5.42. The summed E-state index contributed by atoms with van der Waals surface area (Å²) in [6.07, 6.45) is 2.48. The Kier molecular flexibility index (Phi) is 3.96. The first-order chi connectivity index (χ1) is 12.6. The van der Waals surface area contributed by atoms with E-state index in [0.29, 0.717) is 17.1 Å². The van der Waals surface area contributed by atoms with Crippen LogP contribution in [0.2, 0.25) is 0 Å². The lowest BCUT2D eigenvalue weighted by atomic mass is 10.3. The second kappa shape index (κ2) is 6.44. The predicted molar refractivity (Wildman–Crippen MR) is 91.5 cm³/mol.